The van der Waals surface area contributed by atoms with E-state index in [9.17, 15) is 0 Å². The predicted molar refractivity (Wildman–Crippen MR) is 69.3 cm³/mol. The number of nitrogens with two attached hydrogens (primary N) is 1. The molecule has 0 aromatic rings. The van der Waals surface area contributed by atoms with Gasteiger partial charge in [0.2, 0.25) is 0 Å². The summed E-state index contributed by atoms with van der Waals surface area (Å²) in [6.07, 6.45) is 2.07. The third kappa shape index (κ3) is 8.51. The van der Waals surface area contributed by atoms with Crippen LogP contribution >= 0.6 is 0 Å². The van der Waals surface area contributed by atoms with E-state index in [2.05, 4.69) is 4.90 Å². The van der Waals surface area contributed by atoms with Gasteiger partial charge in [0.05, 0.1) is 19.8 Å². The molecule has 5 heteroatoms. The summed E-state index contributed by atoms with van der Waals surface area (Å²) in [6, 6.07) is 0.397. The molecule has 2 N–H and O–H groups in total. The fraction of sp³-hybridized carbons (Fsp3) is 1.00. The van der Waals surface area contributed by atoms with Crippen molar-refractivity contribution in [3.63, 3.8) is 0 Å². The van der Waals surface area contributed by atoms with Crippen LogP contribution in [0.25, 0.3) is 0 Å². The second-order valence-electron chi connectivity index (χ2n) is 4.06. The van der Waals surface area contributed by atoms with Crippen molar-refractivity contribution in [1.29, 1.82) is 0 Å². The summed E-state index contributed by atoms with van der Waals surface area (Å²) >= 11 is 0. The molecule has 0 aromatic carbocycles. The van der Waals surface area contributed by atoms with Crippen LogP contribution in [0.5, 0.6) is 0 Å². The van der Waals surface area contributed by atoms with E-state index in [1.54, 1.807) is 21.3 Å². The van der Waals surface area contributed by atoms with Crippen LogP contribution in [0, 0.1) is 0 Å². The first kappa shape index (κ1) is 16.8. The molecule has 0 aliphatic carbocycles. The molecular weight excluding hydrogens is 220 g/mol. The van der Waals surface area contributed by atoms with Gasteiger partial charge in [0, 0.05) is 40.5 Å². The number of rotatable bonds is 12. The third-order valence-electron chi connectivity index (χ3n) is 2.78. The first-order valence-electron chi connectivity index (χ1n) is 6.21. The van der Waals surface area contributed by atoms with Crippen LogP contribution in [0.3, 0.4) is 0 Å². The van der Waals surface area contributed by atoms with Crippen molar-refractivity contribution in [2.45, 2.75) is 18.9 Å². The molecule has 104 valence electrons. The normalized spacial score (nSPS) is 13.2. The summed E-state index contributed by atoms with van der Waals surface area (Å²) in [6.45, 7) is 4.71. The average molecular weight is 248 g/mol. The highest BCUT2D eigenvalue weighted by molar-refractivity contribution is 4.72. The van der Waals surface area contributed by atoms with Crippen LogP contribution in [-0.2, 0) is 14.2 Å². The van der Waals surface area contributed by atoms with Gasteiger partial charge in [-0.05, 0) is 19.4 Å². The van der Waals surface area contributed by atoms with Crippen molar-refractivity contribution in [2.24, 2.45) is 5.73 Å². The van der Waals surface area contributed by atoms with Gasteiger partial charge in [-0.1, -0.05) is 0 Å². The zero-order chi connectivity index (χ0) is 12.9. The minimum atomic E-state index is 0.397. The van der Waals surface area contributed by atoms with Gasteiger partial charge in [-0.25, -0.2) is 0 Å². The standard InChI is InChI=1S/C12H28N2O3/c1-15-9-7-14(8-10-16-2)12(11-17-3)5-4-6-13/h12H,4-11,13H2,1-3H3. The first-order valence-corrected chi connectivity index (χ1v) is 6.21. The number of hydrogen-bond donors (Lipinski definition) is 1. The Labute approximate surface area is 105 Å². The zero-order valence-corrected chi connectivity index (χ0v) is 11.5. The smallest absolute Gasteiger partial charge is 0.0618 e. The van der Waals surface area contributed by atoms with Crippen LogP contribution in [-0.4, -0.2) is 71.7 Å². The molecule has 0 rings (SSSR count). The second-order valence-corrected chi connectivity index (χ2v) is 4.06. The predicted octanol–water partition coefficient (Wildman–Crippen LogP) is 0.335. The Morgan fingerprint density at radius 3 is 2.00 bits per heavy atom. The summed E-state index contributed by atoms with van der Waals surface area (Å²) in [5.41, 5.74) is 5.56. The molecule has 0 saturated carbocycles. The highest BCUT2D eigenvalue weighted by Gasteiger charge is 2.17. The fourth-order valence-electron chi connectivity index (χ4n) is 1.81. The largest absolute Gasteiger partial charge is 0.383 e. The lowest BCUT2D eigenvalue weighted by atomic mass is 10.1. The van der Waals surface area contributed by atoms with Crippen LogP contribution in [0.1, 0.15) is 12.8 Å². The molecule has 0 aromatic heterocycles. The molecule has 0 fully saturated rings. The molecule has 17 heavy (non-hydrogen) atoms. The van der Waals surface area contributed by atoms with Crippen molar-refractivity contribution in [1.82, 2.24) is 4.90 Å². The van der Waals surface area contributed by atoms with Gasteiger partial charge in [0.15, 0.2) is 0 Å². The van der Waals surface area contributed by atoms with E-state index in [0.29, 0.717) is 6.04 Å². The maximum Gasteiger partial charge on any atom is 0.0618 e. The molecule has 5 nitrogen and oxygen atoms in total. The molecule has 0 radical (unpaired) electrons. The lowest BCUT2D eigenvalue weighted by Gasteiger charge is -2.31. The average Bonchev–Trinajstić information content (AvgIpc) is 2.35. The summed E-state index contributed by atoms with van der Waals surface area (Å²) < 4.78 is 15.6. The van der Waals surface area contributed by atoms with Crippen molar-refractivity contribution in [2.75, 3.05) is 60.8 Å². The number of nitrogens with zero attached hydrogens (tertiary/aromatic N) is 1. The fourth-order valence-corrected chi connectivity index (χ4v) is 1.81. The Balaban J connectivity index is 4.20. The van der Waals surface area contributed by atoms with E-state index in [1.807, 2.05) is 0 Å². The molecule has 0 amide bonds. The molecular formula is C12H28N2O3. The second kappa shape index (κ2) is 12.3. The summed E-state index contributed by atoms with van der Waals surface area (Å²) in [4.78, 5) is 2.35. The van der Waals surface area contributed by atoms with E-state index in [-0.39, 0.29) is 0 Å². The van der Waals surface area contributed by atoms with E-state index in [0.717, 1.165) is 52.3 Å². The first-order chi connectivity index (χ1) is 8.29. The van der Waals surface area contributed by atoms with E-state index < -0.39 is 0 Å². The van der Waals surface area contributed by atoms with Crippen molar-refractivity contribution in [3.8, 4) is 0 Å². The van der Waals surface area contributed by atoms with Gasteiger partial charge in [0.1, 0.15) is 0 Å². The highest BCUT2D eigenvalue weighted by atomic mass is 16.5. The van der Waals surface area contributed by atoms with Gasteiger partial charge < -0.3 is 19.9 Å². The molecule has 0 saturated heterocycles. The number of hydrogen-bond acceptors (Lipinski definition) is 5. The van der Waals surface area contributed by atoms with Gasteiger partial charge in [0.25, 0.3) is 0 Å². The number of methoxy groups -OCH3 is 3. The summed E-state index contributed by atoms with van der Waals surface area (Å²) in [5.74, 6) is 0. The van der Waals surface area contributed by atoms with Crippen LogP contribution in [0.15, 0.2) is 0 Å². The van der Waals surface area contributed by atoms with Crippen LogP contribution in [0.4, 0.5) is 0 Å². The van der Waals surface area contributed by atoms with Gasteiger partial charge in [-0.3, -0.25) is 4.90 Å². The van der Waals surface area contributed by atoms with E-state index >= 15 is 0 Å². The van der Waals surface area contributed by atoms with E-state index in [4.69, 9.17) is 19.9 Å². The van der Waals surface area contributed by atoms with Crippen molar-refractivity contribution in [3.05, 3.63) is 0 Å². The maximum atomic E-state index is 5.56. The lowest BCUT2D eigenvalue weighted by Crippen LogP contribution is -2.42. The zero-order valence-electron chi connectivity index (χ0n) is 11.5. The van der Waals surface area contributed by atoms with Gasteiger partial charge >= 0.3 is 0 Å². The molecule has 1 unspecified atom stereocenters. The van der Waals surface area contributed by atoms with Gasteiger partial charge in [-0.15, -0.1) is 0 Å². The number of ether oxygens (including phenoxy) is 3. The SMILES string of the molecule is COCCN(CCOC)C(CCCN)COC. The van der Waals surface area contributed by atoms with Crippen molar-refractivity contribution < 1.29 is 14.2 Å². The van der Waals surface area contributed by atoms with E-state index in [1.165, 1.54) is 0 Å². The maximum absolute atomic E-state index is 5.56. The topological polar surface area (TPSA) is 57.0 Å². The van der Waals surface area contributed by atoms with Crippen LogP contribution in [0.2, 0.25) is 0 Å². The summed E-state index contributed by atoms with van der Waals surface area (Å²) in [5, 5.41) is 0. The minimum Gasteiger partial charge on any atom is -0.383 e. The van der Waals surface area contributed by atoms with Gasteiger partial charge in [-0.2, -0.15) is 0 Å². The molecule has 0 aliphatic rings. The molecule has 0 spiro atoms. The Hall–Kier alpha value is -0.200. The third-order valence-corrected chi connectivity index (χ3v) is 2.78. The molecule has 0 heterocycles. The Morgan fingerprint density at radius 1 is 1.00 bits per heavy atom. The van der Waals surface area contributed by atoms with Crippen LogP contribution < -0.4 is 5.73 Å². The Bertz CT molecular complexity index is 151. The Morgan fingerprint density at radius 2 is 1.59 bits per heavy atom. The quantitative estimate of drug-likeness (QED) is 0.539. The monoisotopic (exact) mass is 248 g/mol. The molecule has 0 aliphatic heterocycles. The molecule has 0 bridgehead atoms. The highest BCUT2D eigenvalue weighted by Crippen LogP contribution is 2.07. The summed E-state index contributed by atoms with van der Waals surface area (Å²) in [7, 11) is 5.18. The molecule has 1 atom stereocenters. The van der Waals surface area contributed by atoms with Crippen molar-refractivity contribution >= 4 is 0 Å². The lowest BCUT2D eigenvalue weighted by molar-refractivity contribution is 0.0451. The minimum absolute atomic E-state index is 0.397. The Kier molecular flexibility index (Phi) is 12.1.